The van der Waals surface area contributed by atoms with Gasteiger partial charge in [0.2, 0.25) is 0 Å². The molecule has 1 fully saturated rings. The Morgan fingerprint density at radius 3 is 2.84 bits per heavy atom. The molecular formula is C19H25N3O2S. The molecule has 2 amide bonds. The second-order valence-corrected chi connectivity index (χ2v) is 7.37. The molecule has 2 heterocycles. The molecule has 0 spiro atoms. The van der Waals surface area contributed by atoms with Crippen molar-refractivity contribution in [3.05, 3.63) is 46.7 Å². The Morgan fingerprint density at radius 2 is 2.16 bits per heavy atom. The van der Waals surface area contributed by atoms with Crippen molar-refractivity contribution < 1.29 is 9.53 Å². The van der Waals surface area contributed by atoms with Crippen molar-refractivity contribution in [2.75, 3.05) is 25.5 Å². The number of urea groups is 1. The standard InChI is InChI=1S/C19H25N3O2S/c1-22-12-2-4-16(22)10-11-20-19(23)21-15-6-8-17(9-7-15)24-14-18-5-3-13-25-18/h3,5-9,13,16H,2,4,10-12,14H2,1H3,(H2,20,21,23). The van der Waals surface area contributed by atoms with Gasteiger partial charge in [0.05, 0.1) is 0 Å². The third-order valence-electron chi connectivity index (χ3n) is 4.51. The fraction of sp³-hybridized carbons (Fsp3) is 0.421. The van der Waals surface area contributed by atoms with E-state index in [2.05, 4.69) is 22.6 Å². The van der Waals surface area contributed by atoms with Crippen LogP contribution in [0, 0.1) is 0 Å². The van der Waals surface area contributed by atoms with E-state index in [9.17, 15) is 4.79 Å². The summed E-state index contributed by atoms with van der Waals surface area (Å²) in [5.41, 5.74) is 0.763. The largest absolute Gasteiger partial charge is 0.488 e. The molecule has 0 radical (unpaired) electrons. The number of likely N-dealkylation sites (tertiary alicyclic amines) is 1. The minimum Gasteiger partial charge on any atom is -0.488 e. The number of carbonyl (C=O) groups excluding carboxylic acids is 1. The first-order valence-electron chi connectivity index (χ1n) is 8.71. The summed E-state index contributed by atoms with van der Waals surface area (Å²) in [6, 6.07) is 12.0. The number of nitrogens with one attached hydrogen (secondary N) is 2. The van der Waals surface area contributed by atoms with Crippen molar-refractivity contribution >= 4 is 23.1 Å². The molecule has 134 valence electrons. The van der Waals surface area contributed by atoms with Crippen LogP contribution < -0.4 is 15.4 Å². The van der Waals surface area contributed by atoms with Gasteiger partial charge in [-0.15, -0.1) is 11.3 Å². The molecule has 0 aliphatic carbocycles. The highest BCUT2D eigenvalue weighted by Gasteiger charge is 2.20. The summed E-state index contributed by atoms with van der Waals surface area (Å²) in [5, 5.41) is 7.83. The highest BCUT2D eigenvalue weighted by Crippen LogP contribution is 2.19. The molecule has 1 atom stereocenters. The maximum atomic E-state index is 12.0. The van der Waals surface area contributed by atoms with Gasteiger partial charge in [-0.05, 0) is 68.6 Å². The Hall–Kier alpha value is -2.05. The zero-order chi connectivity index (χ0) is 17.5. The van der Waals surface area contributed by atoms with Gasteiger partial charge in [-0.1, -0.05) is 6.07 Å². The van der Waals surface area contributed by atoms with Crippen LogP contribution in [0.3, 0.4) is 0 Å². The molecule has 25 heavy (non-hydrogen) atoms. The topological polar surface area (TPSA) is 53.6 Å². The minimum atomic E-state index is -0.159. The highest BCUT2D eigenvalue weighted by atomic mass is 32.1. The number of thiophene rings is 1. The van der Waals surface area contributed by atoms with E-state index in [1.54, 1.807) is 11.3 Å². The molecule has 0 saturated carbocycles. The average molecular weight is 359 g/mol. The number of carbonyl (C=O) groups is 1. The Kier molecular flexibility index (Phi) is 6.30. The monoisotopic (exact) mass is 359 g/mol. The second kappa shape index (κ2) is 8.87. The van der Waals surface area contributed by atoms with Gasteiger partial charge in [-0.3, -0.25) is 0 Å². The van der Waals surface area contributed by atoms with Crippen LogP contribution in [0.4, 0.5) is 10.5 Å². The lowest BCUT2D eigenvalue weighted by molar-refractivity contribution is 0.248. The first-order chi connectivity index (χ1) is 12.2. The summed E-state index contributed by atoms with van der Waals surface area (Å²) in [7, 11) is 2.15. The van der Waals surface area contributed by atoms with Gasteiger partial charge in [-0.25, -0.2) is 4.79 Å². The number of hydrogen-bond donors (Lipinski definition) is 2. The lowest BCUT2D eigenvalue weighted by Crippen LogP contribution is -2.34. The molecule has 3 rings (SSSR count). The van der Waals surface area contributed by atoms with Crippen molar-refractivity contribution in [3.63, 3.8) is 0 Å². The normalized spacial score (nSPS) is 17.4. The third kappa shape index (κ3) is 5.47. The van der Waals surface area contributed by atoms with Crippen molar-refractivity contribution in [1.29, 1.82) is 0 Å². The van der Waals surface area contributed by atoms with Crippen molar-refractivity contribution in [2.24, 2.45) is 0 Å². The second-order valence-electron chi connectivity index (χ2n) is 6.34. The molecule has 2 aromatic rings. The maximum Gasteiger partial charge on any atom is 0.319 e. The van der Waals surface area contributed by atoms with Crippen LogP contribution in [0.25, 0.3) is 0 Å². The van der Waals surface area contributed by atoms with Crippen LogP contribution in [0.5, 0.6) is 5.75 Å². The number of rotatable bonds is 7. The van der Waals surface area contributed by atoms with E-state index >= 15 is 0 Å². The van der Waals surface area contributed by atoms with Gasteiger partial charge in [0.1, 0.15) is 12.4 Å². The molecule has 6 heteroatoms. The van der Waals surface area contributed by atoms with E-state index in [0.29, 0.717) is 19.2 Å². The Labute approximate surface area is 153 Å². The molecule has 1 aromatic heterocycles. The van der Waals surface area contributed by atoms with E-state index in [-0.39, 0.29) is 6.03 Å². The Morgan fingerprint density at radius 1 is 1.32 bits per heavy atom. The number of benzene rings is 1. The summed E-state index contributed by atoms with van der Waals surface area (Å²) >= 11 is 1.68. The predicted octanol–water partition coefficient (Wildman–Crippen LogP) is 3.93. The van der Waals surface area contributed by atoms with E-state index in [0.717, 1.165) is 24.4 Å². The highest BCUT2D eigenvalue weighted by molar-refractivity contribution is 7.09. The van der Waals surface area contributed by atoms with Crippen LogP contribution in [0.15, 0.2) is 41.8 Å². The van der Waals surface area contributed by atoms with Crippen LogP contribution in [0.1, 0.15) is 24.1 Å². The molecule has 1 aliphatic heterocycles. The van der Waals surface area contributed by atoms with Gasteiger partial charge in [0, 0.05) is 23.2 Å². The third-order valence-corrected chi connectivity index (χ3v) is 5.36. The molecule has 1 aliphatic rings. The molecular weight excluding hydrogens is 334 g/mol. The van der Waals surface area contributed by atoms with Crippen molar-refractivity contribution in [1.82, 2.24) is 10.2 Å². The fourth-order valence-corrected chi connectivity index (χ4v) is 3.67. The van der Waals surface area contributed by atoms with Crippen LogP contribution in [-0.4, -0.2) is 37.1 Å². The average Bonchev–Trinajstić information content (AvgIpc) is 3.26. The van der Waals surface area contributed by atoms with Gasteiger partial charge < -0.3 is 20.3 Å². The summed E-state index contributed by atoms with van der Waals surface area (Å²) in [4.78, 5) is 15.5. The minimum absolute atomic E-state index is 0.159. The van der Waals surface area contributed by atoms with Crippen LogP contribution in [0.2, 0.25) is 0 Å². The fourth-order valence-electron chi connectivity index (χ4n) is 3.06. The summed E-state index contributed by atoms with van der Waals surface area (Å²) in [5.74, 6) is 0.795. The molecule has 1 saturated heterocycles. The summed E-state index contributed by atoms with van der Waals surface area (Å²) in [6.45, 7) is 2.43. The van der Waals surface area contributed by atoms with Crippen LogP contribution in [-0.2, 0) is 6.61 Å². The zero-order valence-electron chi connectivity index (χ0n) is 14.5. The van der Waals surface area contributed by atoms with E-state index in [1.807, 2.05) is 41.8 Å². The lowest BCUT2D eigenvalue weighted by Gasteiger charge is -2.19. The Balaban J connectivity index is 1.37. The van der Waals surface area contributed by atoms with Gasteiger partial charge >= 0.3 is 6.03 Å². The van der Waals surface area contributed by atoms with E-state index in [1.165, 1.54) is 17.7 Å². The van der Waals surface area contributed by atoms with Gasteiger partial charge in [0.25, 0.3) is 0 Å². The molecule has 5 nitrogen and oxygen atoms in total. The van der Waals surface area contributed by atoms with Crippen molar-refractivity contribution in [2.45, 2.75) is 31.9 Å². The zero-order valence-corrected chi connectivity index (χ0v) is 15.3. The molecule has 1 aromatic carbocycles. The van der Waals surface area contributed by atoms with Crippen LogP contribution >= 0.6 is 11.3 Å². The lowest BCUT2D eigenvalue weighted by atomic mass is 10.1. The number of nitrogens with zero attached hydrogens (tertiary/aromatic N) is 1. The molecule has 0 bridgehead atoms. The SMILES string of the molecule is CN1CCCC1CCNC(=O)Nc1ccc(OCc2cccs2)cc1. The van der Waals surface area contributed by atoms with Gasteiger partial charge in [-0.2, -0.15) is 0 Å². The summed E-state index contributed by atoms with van der Waals surface area (Å²) in [6.07, 6.45) is 3.49. The Bertz CT molecular complexity index is 658. The first kappa shape index (κ1) is 17.8. The van der Waals surface area contributed by atoms with E-state index in [4.69, 9.17) is 4.74 Å². The smallest absolute Gasteiger partial charge is 0.319 e. The molecule has 2 N–H and O–H groups in total. The first-order valence-corrected chi connectivity index (χ1v) is 9.59. The molecule has 1 unspecified atom stereocenters. The number of hydrogen-bond acceptors (Lipinski definition) is 4. The maximum absolute atomic E-state index is 12.0. The number of anilines is 1. The number of ether oxygens (including phenoxy) is 1. The quantitative estimate of drug-likeness (QED) is 0.787. The van der Waals surface area contributed by atoms with Crippen molar-refractivity contribution in [3.8, 4) is 5.75 Å². The number of amides is 2. The van der Waals surface area contributed by atoms with E-state index < -0.39 is 0 Å². The predicted molar refractivity (Wildman–Crippen MR) is 102 cm³/mol. The summed E-state index contributed by atoms with van der Waals surface area (Å²) < 4.78 is 5.72. The van der Waals surface area contributed by atoms with Gasteiger partial charge in [0.15, 0.2) is 0 Å².